The summed E-state index contributed by atoms with van der Waals surface area (Å²) in [5.74, 6) is 0. The first-order valence-electron chi connectivity index (χ1n) is 4.34. The molecule has 0 saturated carbocycles. The number of thiophene rings is 2. The lowest BCUT2D eigenvalue weighted by molar-refractivity contribution is 0.584. The van der Waals surface area contributed by atoms with Crippen LogP contribution in [-0.2, 0) is 16.6 Å². The van der Waals surface area contributed by atoms with Crippen molar-refractivity contribution in [3.63, 3.8) is 0 Å². The zero-order valence-electron chi connectivity index (χ0n) is 8.01. The first-order valence-corrected chi connectivity index (χ1v) is 8.38. The minimum absolute atomic E-state index is 0.318. The van der Waals surface area contributed by atoms with Crippen LogP contribution in [0.1, 0.15) is 4.88 Å². The van der Waals surface area contributed by atoms with Crippen LogP contribution in [0.25, 0.3) is 0 Å². The molecule has 7 heteroatoms. The van der Waals surface area contributed by atoms with Crippen molar-refractivity contribution in [2.45, 2.75) is 10.8 Å². The van der Waals surface area contributed by atoms with Gasteiger partial charge in [0.15, 0.2) is 0 Å². The average molecular weight is 338 g/mol. The number of nitrogens with one attached hydrogen (secondary N) is 1. The summed E-state index contributed by atoms with van der Waals surface area (Å²) in [5, 5.41) is 3.66. The zero-order valence-corrected chi connectivity index (χ0v) is 12.0. The second kappa shape index (κ2) is 4.97. The molecule has 2 aromatic rings. The summed E-state index contributed by atoms with van der Waals surface area (Å²) >= 11 is 6.09. The maximum Gasteiger partial charge on any atom is 0.250 e. The lowest BCUT2D eigenvalue weighted by Gasteiger charge is -2.03. The molecule has 1 N–H and O–H groups in total. The molecule has 86 valence electrons. The standard InChI is InChI=1S/C9H8BrNO2S3/c10-7-3-5-14-8(7)6-11-16(12,13)9-2-1-4-15-9/h1-5,11H,6H2. The van der Waals surface area contributed by atoms with Crippen molar-refractivity contribution in [1.29, 1.82) is 0 Å². The summed E-state index contributed by atoms with van der Waals surface area (Å²) in [6, 6.07) is 5.22. The second-order valence-electron chi connectivity index (χ2n) is 2.95. The molecule has 0 aliphatic heterocycles. The van der Waals surface area contributed by atoms with E-state index in [1.165, 1.54) is 22.7 Å². The van der Waals surface area contributed by atoms with Gasteiger partial charge in [0.25, 0.3) is 0 Å². The van der Waals surface area contributed by atoms with Gasteiger partial charge >= 0.3 is 0 Å². The zero-order chi connectivity index (χ0) is 11.6. The third-order valence-corrected chi connectivity index (χ3v) is 6.60. The highest BCUT2D eigenvalue weighted by molar-refractivity contribution is 9.10. The minimum atomic E-state index is -3.36. The van der Waals surface area contributed by atoms with E-state index in [2.05, 4.69) is 20.7 Å². The highest BCUT2D eigenvalue weighted by Crippen LogP contribution is 2.23. The molecule has 16 heavy (non-hydrogen) atoms. The predicted octanol–water partition coefficient (Wildman–Crippen LogP) is 3.05. The lowest BCUT2D eigenvalue weighted by atomic mass is 10.5. The molecule has 0 unspecified atom stereocenters. The normalized spacial score (nSPS) is 11.8. The molecule has 2 heterocycles. The van der Waals surface area contributed by atoms with E-state index < -0.39 is 10.0 Å². The van der Waals surface area contributed by atoms with E-state index >= 15 is 0 Å². The Hall–Kier alpha value is -0.210. The van der Waals surface area contributed by atoms with Gasteiger partial charge < -0.3 is 0 Å². The largest absolute Gasteiger partial charge is 0.250 e. The van der Waals surface area contributed by atoms with Crippen LogP contribution in [0.4, 0.5) is 0 Å². The van der Waals surface area contributed by atoms with Crippen LogP contribution in [0.5, 0.6) is 0 Å². The van der Waals surface area contributed by atoms with Crippen molar-refractivity contribution in [3.8, 4) is 0 Å². The van der Waals surface area contributed by atoms with Gasteiger partial charge in [0.2, 0.25) is 10.0 Å². The van der Waals surface area contributed by atoms with Crippen LogP contribution < -0.4 is 4.72 Å². The van der Waals surface area contributed by atoms with E-state index in [1.54, 1.807) is 17.5 Å². The van der Waals surface area contributed by atoms with Gasteiger partial charge in [0, 0.05) is 15.9 Å². The maximum atomic E-state index is 11.8. The van der Waals surface area contributed by atoms with E-state index in [9.17, 15) is 8.42 Å². The Morgan fingerprint density at radius 3 is 2.62 bits per heavy atom. The van der Waals surface area contributed by atoms with Crippen molar-refractivity contribution in [1.82, 2.24) is 4.72 Å². The summed E-state index contributed by atoms with van der Waals surface area (Å²) in [4.78, 5) is 0.972. The summed E-state index contributed by atoms with van der Waals surface area (Å²) in [6.45, 7) is 0.318. The molecule has 0 atom stereocenters. The summed E-state index contributed by atoms with van der Waals surface area (Å²) in [6.07, 6.45) is 0. The van der Waals surface area contributed by atoms with Gasteiger partial charge in [-0.1, -0.05) is 6.07 Å². The van der Waals surface area contributed by atoms with Crippen molar-refractivity contribution >= 4 is 48.6 Å². The van der Waals surface area contributed by atoms with Crippen LogP contribution in [0.3, 0.4) is 0 Å². The van der Waals surface area contributed by atoms with Crippen molar-refractivity contribution in [2.24, 2.45) is 0 Å². The van der Waals surface area contributed by atoms with Gasteiger partial charge in [0.1, 0.15) is 4.21 Å². The Kier molecular flexibility index (Phi) is 3.81. The quantitative estimate of drug-likeness (QED) is 0.931. The first-order chi connectivity index (χ1) is 7.59. The van der Waals surface area contributed by atoms with Gasteiger partial charge in [0.05, 0.1) is 0 Å². The molecule has 0 spiro atoms. The number of sulfonamides is 1. The Labute approximate surface area is 110 Å². The summed E-state index contributed by atoms with van der Waals surface area (Å²) < 4.78 is 27.4. The molecule has 3 nitrogen and oxygen atoms in total. The van der Waals surface area contributed by atoms with Gasteiger partial charge in [-0.05, 0) is 38.8 Å². The number of rotatable bonds is 4. The van der Waals surface area contributed by atoms with Crippen molar-refractivity contribution in [3.05, 3.63) is 38.3 Å². The lowest BCUT2D eigenvalue weighted by Crippen LogP contribution is -2.21. The maximum absolute atomic E-state index is 11.8. The first kappa shape index (κ1) is 12.3. The Morgan fingerprint density at radius 2 is 2.06 bits per heavy atom. The number of hydrogen-bond acceptors (Lipinski definition) is 4. The topological polar surface area (TPSA) is 46.2 Å². The Bertz CT molecular complexity index is 559. The van der Waals surface area contributed by atoms with E-state index in [1.807, 2.05) is 11.4 Å². The van der Waals surface area contributed by atoms with Gasteiger partial charge in [-0.2, -0.15) is 0 Å². The van der Waals surface area contributed by atoms with Crippen LogP contribution >= 0.6 is 38.6 Å². The van der Waals surface area contributed by atoms with Crippen molar-refractivity contribution < 1.29 is 8.42 Å². The number of halogens is 1. The molecule has 0 aliphatic carbocycles. The fraction of sp³-hybridized carbons (Fsp3) is 0.111. The molecule has 0 bridgehead atoms. The van der Waals surface area contributed by atoms with Gasteiger partial charge in [-0.25, -0.2) is 13.1 Å². The van der Waals surface area contributed by atoms with Gasteiger partial charge in [-0.15, -0.1) is 22.7 Å². The molecular formula is C9H8BrNO2S3. The Morgan fingerprint density at radius 1 is 1.25 bits per heavy atom. The fourth-order valence-corrected chi connectivity index (χ4v) is 4.66. The monoisotopic (exact) mass is 337 g/mol. The molecule has 0 saturated heterocycles. The van der Waals surface area contributed by atoms with Crippen molar-refractivity contribution in [2.75, 3.05) is 0 Å². The van der Waals surface area contributed by atoms with E-state index in [-0.39, 0.29) is 0 Å². The third kappa shape index (κ3) is 2.72. The molecular weight excluding hydrogens is 330 g/mol. The second-order valence-corrected chi connectivity index (χ2v) is 7.74. The predicted molar refractivity (Wildman–Crippen MR) is 70.4 cm³/mol. The highest BCUT2D eigenvalue weighted by atomic mass is 79.9. The fourth-order valence-electron chi connectivity index (χ4n) is 1.10. The summed E-state index contributed by atoms with van der Waals surface area (Å²) in [7, 11) is -3.36. The SMILES string of the molecule is O=S(=O)(NCc1sccc1Br)c1cccs1. The molecule has 0 aromatic carbocycles. The average Bonchev–Trinajstić information content (AvgIpc) is 2.85. The highest BCUT2D eigenvalue weighted by Gasteiger charge is 2.15. The molecule has 0 radical (unpaired) electrons. The summed E-state index contributed by atoms with van der Waals surface area (Å²) in [5.41, 5.74) is 0. The molecule has 0 fully saturated rings. The molecule has 0 amide bonds. The molecule has 2 rings (SSSR count). The van der Waals surface area contributed by atoms with E-state index in [4.69, 9.17) is 0 Å². The number of hydrogen-bond donors (Lipinski definition) is 1. The minimum Gasteiger partial charge on any atom is -0.206 e. The van der Waals surface area contributed by atoms with Crippen LogP contribution in [0.2, 0.25) is 0 Å². The molecule has 0 aliphatic rings. The van der Waals surface area contributed by atoms with Crippen LogP contribution in [0.15, 0.2) is 37.6 Å². The van der Waals surface area contributed by atoms with E-state index in [0.29, 0.717) is 10.8 Å². The molecule has 2 aromatic heterocycles. The third-order valence-electron chi connectivity index (χ3n) is 1.87. The Balaban J connectivity index is 2.09. The smallest absolute Gasteiger partial charge is 0.206 e. The van der Waals surface area contributed by atoms with Crippen LogP contribution in [0, 0.1) is 0 Å². The van der Waals surface area contributed by atoms with Crippen LogP contribution in [-0.4, -0.2) is 8.42 Å². The van der Waals surface area contributed by atoms with Gasteiger partial charge in [-0.3, -0.25) is 0 Å². The van der Waals surface area contributed by atoms with E-state index in [0.717, 1.165) is 9.35 Å².